The second kappa shape index (κ2) is 5.49. The molecule has 1 saturated heterocycles. The van der Waals surface area contributed by atoms with Gasteiger partial charge in [-0.2, -0.15) is 0 Å². The molecule has 2 aliphatic heterocycles. The molecule has 0 amide bonds. The van der Waals surface area contributed by atoms with E-state index in [1.807, 2.05) is 19.9 Å². The minimum atomic E-state index is -0.897. The van der Waals surface area contributed by atoms with Crippen LogP contribution < -0.4 is 4.74 Å². The van der Waals surface area contributed by atoms with Crippen LogP contribution in [0.3, 0.4) is 0 Å². The molecule has 2 heterocycles. The molecule has 8 rings (SSSR count). The number of hydrogen-bond acceptors (Lipinski definition) is 5. The fourth-order valence-corrected chi connectivity index (χ4v) is 8.58. The van der Waals surface area contributed by atoms with Crippen LogP contribution in [-0.4, -0.2) is 58.7 Å². The Morgan fingerprint density at radius 2 is 2.06 bits per heavy atom. The van der Waals surface area contributed by atoms with E-state index in [0.717, 1.165) is 31.7 Å². The third-order valence-electron chi connectivity index (χ3n) is 9.96. The van der Waals surface area contributed by atoms with Crippen LogP contribution in [0.25, 0.3) is 0 Å². The zero-order chi connectivity index (χ0) is 21.4. The summed E-state index contributed by atoms with van der Waals surface area (Å²) in [6.07, 6.45) is 10.0. The standard InChI is InChI=1S/C26H33NO4/c1-23(2,29)18-13-24-8-9-26(18,30-3)22-25(24)10-11-27(14-15-4-5-15)19(24)12-16-6-7-17(28)21(31-22)20(16)25/h6-9,15,18-19,22,28-29H,4-5,10-14H2,1-3H3/t18-,19-,22-,24-,25+,26?/m1/s1. The lowest BCUT2D eigenvalue weighted by molar-refractivity contribution is -0.245. The highest BCUT2D eigenvalue weighted by Crippen LogP contribution is 2.75. The Labute approximate surface area is 184 Å². The van der Waals surface area contributed by atoms with Gasteiger partial charge >= 0.3 is 0 Å². The fourth-order valence-electron chi connectivity index (χ4n) is 8.58. The van der Waals surface area contributed by atoms with Gasteiger partial charge in [0.15, 0.2) is 11.5 Å². The van der Waals surface area contributed by atoms with Crippen molar-refractivity contribution in [2.75, 3.05) is 20.2 Å². The largest absolute Gasteiger partial charge is 0.504 e. The molecule has 1 unspecified atom stereocenters. The average Bonchev–Trinajstić information content (AvgIpc) is 3.47. The predicted molar refractivity (Wildman–Crippen MR) is 116 cm³/mol. The molecule has 5 aliphatic carbocycles. The van der Waals surface area contributed by atoms with Crippen LogP contribution in [0.15, 0.2) is 24.3 Å². The third-order valence-corrected chi connectivity index (χ3v) is 9.96. The quantitative estimate of drug-likeness (QED) is 0.729. The lowest BCUT2D eigenvalue weighted by Gasteiger charge is -2.72. The Bertz CT molecular complexity index is 1010. The van der Waals surface area contributed by atoms with Crippen molar-refractivity contribution >= 4 is 0 Å². The molecule has 166 valence electrons. The summed E-state index contributed by atoms with van der Waals surface area (Å²) < 4.78 is 13.1. The molecule has 1 aromatic rings. The number of aliphatic hydroxyl groups is 1. The highest BCUT2D eigenvalue weighted by molar-refractivity contribution is 5.65. The summed E-state index contributed by atoms with van der Waals surface area (Å²) in [5.41, 5.74) is 0.654. The molecule has 5 nitrogen and oxygen atoms in total. The highest BCUT2D eigenvalue weighted by Gasteiger charge is 2.80. The molecule has 6 atom stereocenters. The Morgan fingerprint density at radius 3 is 2.77 bits per heavy atom. The van der Waals surface area contributed by atoms with Crippen LogP contribution in [0.1, 0.15) is 50.7 Å². The van der Waals surface area contributed by atoms with Crippen molar-refractivity contribution < 1.29 is 19.7 Å². The maximum absolute atomic E-state index is 11.3. The van der Waals surface area contributed by atoms with Gasteiger partial charge in [-0.15, -0.1) is 0 Å². The minimum absolute atomic E-state index is 0.0745. The van der Waals surface area contributed by atoms with Crippen LogP contribution >= 0.6 is 0 Å². The molecule has 7 aliphatic rings. The van der Waals surface area contributed by atoms with Crippen molar-refractivity contribution in [3.63, 3.8) is 0 Å². The number of piperidine rings is 1. The minimum Gasteiger partial charge on any atom is -0.504 e. The van der Waals surface area contributed by atoms with E-state index < -0.39 is 11.2 Å². The van der Waals surface area contributed by atoms with Gasteiger partial charge in [-0.3, -0.25) is 4.90 Å². The summed E-state index contributed by atoms with van der Waals surface area (Å²) in [6.45, 7) is 6.09. The maximum Gasteiger partial charge on any atom is 0.165 e. The van der Waals surface area contributed by atoms with Crippen molar-refractivity contribution in [3.8, 4) is 11.5 Å². The van der Waals surface area contributed by atoms with Gasteiger partial charge in [-0.1, -0.05) is 18.2 Å². The molecule has 31 heavy (non-hydrogen) atoms. The van der Waals surface area contributed by atoms with Crippen LogP contribution in [0.5, 0.6) is 11.5 Å². The van der Waals surface area contributed by atoms with Gasteiger partial charge in [0.1, 0.15) is 11.7 Å². The van der Waals surface area contributed by atoms with Gasteiger partial charge in [0.25, 0.3) is 0 Å². The number of fused-ring (bicyclic) bond motifs is 1. The van der Waals surface area contributed by atoms with E-state index >= 15 is 0 Å². The number of phenols is 1. The lowest BCUT2D eigenvalue weighted by atomic mass is 9.36. The SMILES string of the molecule is COC12C=C[C@@]3(C[C@@H]1C(C)(C)O)[C@H]1Cc4ccc(O)c5c4[C@@]3(CCN1CC1CC1)[C@H]2O5. The summed E-state index contributed by atoms with van der Waals surface area (Å²) >= 11 is 0. The van der Waals surface area contributed by atoms with Crippen LogP contribution in [0, 0.1) is 17.3 Å². The lowest BCUT2D eigenvalue weighted by Crippen LogP contribution is -2.80. The van der Waals surface area contributed by atoms with E-state index in [1.165, 1.54) is 30.5 Å². The molecule has 0 radical (unpaired) electrons. The zero-order valence-electron chi connectivity index (χ0n) is 18.7. The second-order valence-electron chi connectivity index (χ2n) is 11.7. The van der Waals surface area contributed by atoms with E-state index in [4.69, 9.17) is 9.47 Å². The number of hydrogen-bond donors (Lipinski definition) is 2. The van der Waals surface area contributed by atoms with Gasteiger partial charge in [-0.25, -0.2) is 0 Å². The summed E-state index contributed by atoms with van der Waals surface area (Å²) in [4.78, 5) is 2.75. The van der Waals surface area contributed by atoms with Gasteiger partial charge in [0, 0.05) is 36.6 Å². The molecule has 2 saturated carbocycles. The fraction of sp³-hybridized carbons (Fsp3) is 0.692. The molecule has 2 spiro atoms. The summed E-state index contributed by atoms with van der Waals surface area (Å²) in [5, 5.41) is 22.1. The molecule has 0 aromatic heterocycles. The van der Waals surface area contributed by atoms with Crippen LogP contribution in [0.2, 0.25) is 0 Å². The number of benzene rings is 1. The van der Waals surface area contributed by atoms with Crippen molar-refractivity contribution in [2.45, 2.75) is 74.7 Å². The molecule has 4 bridgehead atoms. The monoisotopic (exact) mass is 423 g/mol. The first-order valence-corrected chi connectivity index (χ1v) is 12.0. The first-order chi connectivity index (χ1) is 14.8. The molecular formula is C26H33NO4. The summed E-state index contributed by atoms with van der Waals surface area (Å²) in [6, 6.07) is 4.33. The number of likely N-dealkylation sites (tertiary alicyclic amines) is 1. The van der Waals surface area contributed by atoms with Gasteiger partial charge in [0.05, 0.1) is 11.0 Å². The summed E-state index contributed by atoms with van der Waals surface area (Å²) in [5.74, 6) is 1.68. The molecule has 5 heteroatoms. The number of methoxy groups -OCH3 is 1. The molecular weight excluding hydrogens is 390 g/mol. The summed E-state index contributed by atoms with van der Waals surface area (Å²) in [7, 11) is 1.76. The molecule has 1 aromatic carbocycles. The number of rotatable bonds is 4. The topological polar surface area (TPSA) is 62.2 Å². The number of aromatic hydroxyl groups is 1. The normalized spacial score (nSPS) is 44.3. The van der Waals surface area contributed by atoms with E-state index in [0.29, 0.717) is 11.8 Å². The Kier molecular flexibility index (Phi) is 3.36. The molecule has 3 fully saturated rings. The number of nitrogens with zero attached hydrogens (tertiary/aromatic N) is 1. The van der Waals surface area contributed by atoms with Crippen LogP contribution in [0.4, 0.5) is 0 Å². The second-order valence-corrected chi connectivity index (χ2v) is 11.7. The van der Waals surface area contributed by atoms with Crippen molar-refractivity contribution in [2.24, 2.45) is 17.3 Å². The first-order valence-electron chi connectivity index (χ1n) is 12.0. The van der Waals surface area contributed by atoms with E-state index in [-0.39, 0.29) is 28.6 Å². The van der Waals surface area contributed by atoms with E-state index in [2.05, 4.69) is 23.1 Å². The first kappa shape index (κ1) is 19.0. The zero-order valence-corrected chi connectivity index (χ0v) is 18.7. The van der Waals surface area contributed by atoms with Crippen molar-refractivity contribution in [1.82, 2.24) is 4.90 Å². The smallest absolute Gasteiger partial charge is 0.165 e. The van der Waals surface area contributed by atoms with Crippen molar-refractivity contribution in [3.05, 3.63) is 35.4 Å². The maximum atomic E-state index is 11.3. The van der Waals surface area contributed by atoms with Gasteiger partial charge in [0.2, 0.25) is 0 Å². The predicted octanol–water partition coefficient (Wildman–Crippen LogP) is 3.16. The van der Waals surface area contributed by atoms with Gasteiger partial charge in [-0.05, 0) is 70.0 Å². The Morgan fingerprint density at radius 1 is 1.26 bits per heavy atom. The number of phenolic OH excluding ortho intramolecular Hbond substituents is 1. The molecule has 2 N–H and O–H groups in total. The van der Waals surface area contributed by atoms with E-state index in [1.54, 1.807) is 7.11 Å². The number of ether oxygens (including phenoxy) is 2. The van der Waals surface area contributed by atoms with Gasteiger partial charge < -0.3 is 19.7 Å². The third kappa shape index (κ3) is 1.97. The van der Waals surface area contributed by atoms with Crippen LogP contribution in [-0.2, 0) is 16.6 Å². The average molecular weight is 424 g/mol. The Balaban J connectivity index is 1.51. The van der Waals surface area contributed by atoms with E-state index in [9.17, 15) is 10.2 Å². The Hall–Kier alpha value is -1.56. The highest BCUT2D eigenvalue weighted by atomic mass is 16.6. The van der Waals surface area contributed by atoms with Crippen molar-refractivity contribution in [1.29, 1.82) is 0 Å².